The number of fused-ring (bicyclic) bond motifs is 4. The van der Waals surface area contributed by atoms with Crippen molar-refractivity contribution in [1.29, 1.82) is 0 Å². The van der Waals surface area contributed by atoms with Gasteiger partial charge in [-0.3, -0.25) is 10.1 Å². The first-order valence-corrected chi connectivity index (χ1v) is 6.82. The van der Waals surface area contributed by atoms with Crippen LogP contribution >= 0.6 is 0 Å². The molecule has 1 heterocycles. The molecule has 3 aliphatic rings. The lowest BCUT2D eigenvalue weighted by atomic mass is 10.0. The summed E-state index contributed by atoms with van der Waals surface area (Å²) in [6.45, 7) is 0. The Hall–Kier alpha value is -2.88. The second-order valence-electron chi connectivity index (χ2n) is 5.35. The predicted octanol–water partition coefficient (Wildman–Crippen LogP) is 3.13. The summed E-state index contributed by atoms with van der Waals surface area (Å²) >= 11 is 0. The van der Waals surface area contributed by atoms with Gasteiger partial charge in [0.1, 0.15) is 5.52 Å². The lowest BCUT2D eigenvalue weighted by molar-refractivity contribution is -0.112. The quantitative estimate of drug-likeness (QED) is 0.915. The van der Waals surface area contributed by atoms with Crippen molar-refractivity contribution in [2.24, 2.45) is 5.92 Å². The Kier molecular flexibility index (Phi) is 1.86. The maximum absolute atomic E-state index is 12.4. The zero-order chi connectivity index (χ0) is 14.0. The van der Waals surface area contributed by atoms with Gasteiger partial charge in [-0.2, -0.15) is 4.98 Å². The van der Waals surface area contributed by atoms with Crippen LogP contribution < -0.4 is 5.32 Å². The maximum Gasteiger partial charge on any atom is 0.302 e. The fraction of sp³-hybridized carbons (Fsp3) is 0.0588. The third-order valence-corrected chi connectivity index (χ3v) is 4.04. The van der Waals surface area contributed by atoms with Crippen molar-refractivity contribution in [3.05, 3.63) is 70.9 Å². The van der Waals surface area contributed by atoms with E-state index in [2.05, 4.69) is 22.5 Å². The molecular weight excluding hydrogens is 264 g/mol. The number of carbonyl (C=O) groups excluding carboxylic acids is 1. The number of carbonyl (C=O) groups is 1. The van der Waals surface area contributed by atoms with Crippen LogP contribution in [0.25, 0.3) is 11.1 Å². The average molecular weight is 274 g/mol. The number of aromatic nitrogens is 1. The topological polar surface area (TPSA) is 55.1 Å². The van der Waals surface area contributed by atoms with Crippen molar-refractivity contribution in [2.45, 2.75) is 0 Å². The van der Waals surface area contributed by atoms with Crippen LogP contribution in [0.5, 0.6) is 0 Å². The molecule has 1 aromatic heterocycles. The highest BCUT2D eigenvalue weighted by Gasteiger charge is 2.39. The number of hydrogen-bond donors (Lipinski definition) is 1. The minimum atomic E-state index is -0.180. The average Bonchev–Trinajstić information content (AvgIpc) is 2.86. The Bertz CT molecular complexity index is 908. The molecule has 1 aromatic carbocycles. The number of para-hydroxylation sites is 2. The SMILES string of the molecule is O=C(Nc1nc2ccccc2o1)C1=CC=C2C1=CC1=CC12. The Morgan fingerprint density at radius 2 is 2.14 bits per heavy atom. The number of oxazole rings is 1. The van der Waals surface area contributed by atoms with Gasteiger partial charge in [0.15, 0.2) is 5.58 Å². The highest BCUT2D eigenvalue weighted by Crippen LogP contribution is 2.51. The number of nitrogens with one attached hydrogen (secondary N) is 1. The van der Waals surface area contributed by atoms with Crippen LogP contribution in [0.3, 0.4) is 0 Å². The van der Waals surface area contributed by atoms with Crippen LogP contribution in [0.1, 0.15) is 0 Å². The van der Waals surface area contributed by atoms with Gasteiger partial charge in [-0.15, -0.1) is 0 Å². The molecule has 1 unspecified atom stereocenters. The molecule has 0 fully saturated rings. The van der Waals surface area contributed by atoms with Crippen molar-refractivity contribution < 1.29 is 9.21 Å². The molecule has 0 saturated carbocycles. The number of rotatable bonds is 2. The second-order valence-corrected chi connectivity index (χ2v) is 5.35. The van der Waals surface area contributed by atoms with Crippen molar-refractivity contribution in [3.63, 3.8) is 0 Å². The van der Waals surface area contributed by atoms with Gasteiger partial charge in [0.2, 0.25) is 0 Å². The molecule has 0 saturated heterocycles. The molecule has 100 valence electrons. The fourth-order valence-electron chi connectivity index (χ4n) is 2.95. The van der Waals surface area contributed by atoms with E-state index < -0.39 is 0 Å². The largest absolute Gasteiger partial charge is 0.423 e. The van der Waals surface area contributed by atoms with Crippen LogP contribution in [0.15, 0.2) is 75.3 Å². The van der Waals surface area contributed by atoms with E-state index >= 15 is 0 Å². The van der Waals surface area contributed by atoms with E-state index in [0.717, 1.165) is 11.1 Å². The monoisotopic (exact) mass is 274 g/mol. The molecule has 1 atom stereocenters. The normalized spacial score (nSPS) is 21.2. The van der Waals surface area contributed by atoms with Crippen LogP contribution in [0, 0.1) is 5.92 Å². The first kappa shape index (κ1) is 10.9. The van der Waals surface area contributed by atoms with Gasteiger partial charge >= 0.3 is 6.01 Å². The van der Waals surface area contributed by atoms with E-state index in [0.29, 0.717) is 17.1 Å². The Morgan fingerprint density at radius 1 is 1.24 bits per heavy atom. The molecular formula is C17H10N2O2. The smallest absolute Gasteiger partial charge is 0.302 e. The summed E-state index contributed by atoms with van der Waals surface area (Å²) in [5.74, 6) is 0.270. The second kappa shape index (κ2) is 3.61. The third kappa shape index (κ3) is 1.50. The van der Waals surface area contributed by atoms with Gasteiger partial charge < -0.3 is 4.42 Å². The summed E-state index contributed by atoms with van der Waals surface area (Å²) in [5, 5.41) is 2.74. The first-order chi connectivity index (χ1) is 10.3. The van der Waals surface area contributed by atoms with Crippen molar-refractivity contribution >= 4 is 23.0 Å². The first-order valence-electron chi connectivity index (χ1n) is 6.82. The number of amides is 1. The third-order valence-electron chi connectivity index (χ3n) is 4.04. The van der Waals surface area contributed by atoms with Gasteiger partial charge in [-0.25, -0.2) is 0 Å². The molecule has 5 rings (SSSR count). The molecule has 0 radical (unpaired) electrons. The van der Waals surface area contributed by atoms with E-state index in [4.69, 9.17) is 4.42 Å². The number of hydrogen-bond acceptors (Lipinski definition) is 3. The Labute approximate surface area is 120 Å². The molecule has 1 amide bonds. The molecule has 4 nitrogen and oxygen atoms in total. The maximum atomic E-state index is 12.4. The van der Waals surface area contributed by atoms with Crippen molar-refractivity contribution in [1.82, 2.24) is 4.98 Å². The molecule has 0 bridgehead atoms. The van der Waals surface area contributed by atoms with Crippen molar-refractivity contribution in [3.8, 4) is 0 Å². The Morgan fingerprint density at radius 3 is 3.05 bits per heavy atom. The van der Waals surface area contributed by atoms with Crippen LogP contribution in [0.4, 0.5) is 6.01 Å². The molecule has 21 heavy (non-hydrogen) atoms. The van der Waals surface area contributed by atoms with Crippen LogP contribution in [0.2, 0.25) is 0 Å². The lowest BCUT2D eigenvalue weighted by Gasteiger charge is -2.05. The number of benzene rings is 1. The summed E-state index contributed by atoms with van der Waals surface area (Å²) in [6.07, 6.45) is 8.17. The zero-order valence-electron chi connectivity index (χ0n) is 11.0. The van der Waals surface area contributed by atoms with Gasteiger partial charge in [0.05, 0.1) is 0 Å². The molecule has 0 aliphatic heterocycles. The van der Waals surface area contributed by atoms with E-state index in [1.54, 1.807) is 0 Å². The minimum Gasteiger partial charge on any atom is -0.423 e. The van der Waals surface area contributed by atoms with Gasteiger partial charge in [0.25, 0.3) is 5.91 Å². The number of allylic oxidation sites excluding steroid dienone is 6. The summed E-state index contributed by atoms with van der Waals surface area (Å²) in [5.41, 5.74) is 5.66. The molecule has 1 N–H and O–H groups in total. The summed E-state index contributed by atoms with van der Waals surface area (Å²) in [4.78, 5) is 16.6. The van der Waals surface area contributed by atoms with Crippen molar-refractivity contribution in [2.75, 3.05) is 5.32 Å². The Balaban J connectivity index is 1.43. The number of nitrogens with zero attached hydrogens (tertiary/aromatic N) is 1. The zero-order valence-corrected chi connectivity index (χ0v) is 11.0. The molecule has 2 aromatic rings. The van der Waals surface area contributed by atoms with Gasteiger partial charge in [0, 0.05) is 11.5 Å². The van der Waals surface area contributed by atoms with Crippen LogP contribution in [-0.4, -0.2) is 10.9 Å². The minimum absolute atomic E-state index is 0.180. The van der Waals surface area contributed by atoms with E-state index in [-0.39, 0.29) is 11.9 Å². The molecule has 0 spiro atoms. The molecule has 3 aliphatic carbocycles. The standard InChI is InChI=1S/C17H10N2O2/c20-16(11-6-5-10-12-7-9(12)8-13(10)11)19-17-18-14-3-1-2-4-15(14)21-17/h1-8,12H,(H,18,19,20). The fourth-order valence-corrected chi connectivity index (χ4v) is 2.95. The summed E-state index contributed by atoms with van der Waals surface area (Å²) < 4.78 is 5.52. The lowest BCUT2D eigenvalue weighted by Crippen LogP contribution is -2.15. The highest BCUT2D eigenvalue weighted by atomic mass is 16.4. The van der Waals surface area contributed by atoms with Gasteiger partial charge in [-0.1, -0.05) is 24.3 Å². The summed E-state index contributed by atoms with van der Waals surface area (Å²) in [6, 6.07) is 7.67. The number of anilines is 1. The van der Waals surface area contributed by atoms with E-state index in [1.807, 2.05) is 36.4 Å². The predicted molar refractivity (Wildman–Crippen MR) is 78.5 cm³/mol. The summed E-state index contributed by atoms with van der Waals surface area (Å²) in [7, 11) is 0. The van der Waals surface area contributed by atoms with Gasteiger partial charge in [-0.05, 0) is 41.0 Å². The van der Waals surface area contributed by atoms with E-state index in [9.17, 15) is 4.79 Å². The highest BCUT2D eigenvalue weighted by molar-refractivity contribution is 6.09. The molecule has 4 heteroatoms. The van der Waals surface area contributed by atoms with Crippen LogP contribution in [-0.2, 0) is 4.79 Å². The van der Waals surface area contributed by atoms with E-state index in [1.165, 1.54) is 11.1 Å².